The number of rotatable bonds is 12. The van der Waals surface area contributed by atoms with E-state index in [1.54, 1.807) is 13.8 Å². The van der Waals surface area contributed by atoms with E-state index in [4.69, 9.17) is 18.9 Å². The van der Waals surface area contributed by atoms with Crippen molar-refractivity contribution >= 4 is 36.4 Å². The summed E-state index contributed by atoms with van der Waals surface area (Å²) in [4.78, 5) is 72.7. The molecule has 4 aliphatic heterocycles. The normalized spacial score (nSPS) is 31.2. The third kappa shape index (κ3) is 15.7. The zero-order valence-electron chi connectivity index (χ0n) is 69.7. The first-order valence-corrected chi connectivity index (χ1v) is 39.7. The number of fused-ring (bicyclic) bond motifs is 4. The highest BCUT2D eigenvalue weighted by atomic mass is 16.6. The highest BCUT2D eigenvalue weighted by molar-refractivity contribution is 5.88. The Morgan fingerprint density at radius 2 is 0.689 bits per heavy atom. The number of carboxylic acid groups (broad SMARTS) is 2. The lowest BCUT2D eigenvalue weighted by Crippen LogP contribution is -2.41. The van der Waals surface area contributed by atoms with Crippen molar-refractivity contribution in [3.05, 3.63) is 138 Å². The molecule has 0 unspecified atom stereocenters. The Kier molecular flexibility index (Phi) is 22.7. The molecule has 0 amide bonds. The van der Waals surface area contributed by atoms with Crippen molar-refractivity contribution in [3.8, 4) is 0 Å². The van der Waals surface area contributed by atoms with Crippen LogP contribution in [0.2, 0.25) is 0 Å². The molecule has 4 saturated carbocycles. The van der Waals surface area contributed by atoms with Gasteiger partial charge in [0.25, 0.3) is 0 Å². The van der Waals surface area contributed by atoms with E-state index in [0.29, 0.717) is 11.1 Å². The zero-order chi connectivity index (χ0) is 79.5. The van der Waals surface area contributed by atoms with E-state index >= 15 is 0 Å². The third-order valence-corrected chi connectivity index (χ3v) is 26.7. The average Bonchev–Trinajstić information content (AvgIpc) is 1.64. The number of esters is 2. The molecule has 584 valence electrons. The predicted octanol–water partition coefficient (Wildman–Crippen LogP) is 20.9. The van der Waals surface area contributed by atoms with Crippen LogP contribution in [0, 0.1) is 21.7 Å². The van der Waals surface area contributed by atoms with Gasteiger partial charge in [0.15, 0.2) is 0 Å². The first-order chi connectivity index (χ1) is 48.5. The summed E-state index contributed by atoms with van der Waals surface area (Å²) in [6.07, 6.45) is 19.9. The van der Waals surface area contributed by atoms with E-state index in [1.807, 2.05) is 95.2 Å². The first-order valence-electron chi connectivity index (χ1n) is 39.7. The topological polar surface area (TPSA) is 220 Å². The summed E-state index contributed by atoms with van der Waals surface area (Å²) in [5, 5.41) is 40.2. The van der Waals surface area contributed by atoms with Crippen molar-refractivity contribution < 1.29 is 68.1 Å². The van der Waals surface area contributed by atoms with Gasteiger partial charge in [0.2, 0.25) is 0 Å². The summed E-state index contributed by atoms with van der Waals surface area (Å²) in [5.74, 6) is -3.99. The number of ether oxygens (including phenoxy) is 4. The van der Waals surface area contributed by atoms with Gasteiger partial charge in [0.05, 0.1) is 48.1 Å². The molecule has 106 heavy (non-hydrogen) atoms. The quantitative estimate of drug-likeness (QED) is 0.0766. The molecule has 0 saturated heterocycles. The van der Waals surface area contributed by atoms with Gasteiger partial charge in [-0.3, -0.25) is 28.8 Å². The van der Waals surface area contributed by atoms with E-state index in [0.717, 1.165) is 144 Å². The number of aliphatic carboxylic acids is 2. The smallest absolute Gasteiger partial charge is 0.314 e. The minimum Gasteiger partial charge on any atom is -0.481 e. The van der Waals surface area contributed by atoms with E-state index in [1.165, 1.54) is 49.7 Å². The lowest BCUT2D eigenvalue weighted by molar-refractivity contribution is -0.162. The number of aliphatic hydroxyl groups is 2. The second-order valence-electron chi connectivity index (χ2n) is 40.6. The SMILES string of the molecule is C[C@@H](C(=O)O)c1c([C@@]2(C)CCCC(C)(C)C2)ccc2c1C(C)(C)O[C@@]2(C)CO.C[C@@H](C(=O)O)c1c([C@@]2(C)CCCC(C)(C)C2)ccc2c1[C@@](C)(CO)OC2(C)C.C[C@H]1C(=O)OC(C)(C)c2c(C=O)ccc([C@@]3(C)CCCC(C)(C)C3)c21.C[C@H]1C(=O)OC(C)(C)c2c(C=O)ccc([C@@]3(C)CCCC(C)(C)C3)c21. The van der Waals surface area contributed by atoms with Gasteiger partial charge in [-0.1, -0.05) is 157 Å². The highest BCUT2D eigenvalue weighted by Gasteiger charge is 2.55. The minimum atomic E-state index is -0.894. The zero-order valence-corrected chi connectivity index (χ0v) is 69.7. The predicted molar refractivity (Wildman–Crippen MR) is 419 cm³/mol. The number of benzene rings is 4. The van der Waals surface area contributed by atoms with Crippen LogP contribution in [0.25, 0.3) is 0 Å². The van der Waals surface area contributed by atoms with Crippen LogP contribution in [-0.2, 0) is 93.4 Å². The molecule has 4 N–H and O–H groups in total. The van der Waals surface area contributed by atoms with Crippen molar-refractivity contribution in [2.45, 2.75) is 362 Å². The number of hydrogen-bond donors (Lipinski definition) is 4. The molecule has 10 atom stereocenters. The first kappa shape index (κ1) is 84.0. The van der Waals surface area contributed by atoms with Crippen LogP contribution >= 0.6 is 0 Å². The van der Waals surface area contributed by atoms with Crippen LogP contribution < -0.4 is 0 Å². The van der Waals surface area contributed by atoms with Crippen LogP contribution in [0.15, 0.2) is 48.5 Å². The van der Waals surface area contributed by atoms with Gasteiger partial charge < -0.3 is 39.4 Å². The summed E-state index contributed by atoms with van der Waals surface area (Å²) in [5.41, 5.74) is 11.9. The van der Waals surface area contributed by atoms with E-state index in [-0.39, 0.29) is 80.3 Å². The van der Waals surface area contributed by atoms with Crippen molar-refractivity contribution in [3.63, 3.8) is 0 Å². The molecule has 4 aromatic carbocycles. The van der Waals surface area contributed by atoms with Gasteiger partial charge in [0, 0.05) is 22.3 Å². The molecule has 4 aliphatic carbocycles. The summed E-state index contributed by atoms with van der Waals surface area (Å²) >= 11 is 0. The molecule has 12 rings (SSSR count). The molecule has 14 nitrogen and oxygen atoms in total. The molecule has 8 aliphatic rings. The largest absolute Gasteiger partial charge is 0.481 e. The summed E-state index contributed by atoms with van der Waals surface area (Å²) in [6, 6.07) is 16.5. The molecule has 4 fully saturated rings. The second kappa shape index (κ2) is 28.7. The van der Waals surface area contributed by atoms with E-state index < -0.39 is 57.4 Å². The lowest BCUT2D eigenvalue weighted by Gasteiger charge is -2.46. The Balaban J connectivity index is 0.000000164. The van der Waals surface area contributed by atoms with Crippen molar-refractivity contribution in [1.82, 2.24) is 0 Å². The summed E-state index contributed by atoms with van der Waals surface area (Å²) in [7, 11) is 0. The maximum atomic E-state index is 12.5. The van der Waals surface area contributed by atoms with Gasteiger partial charge >= 0.3 is 23.9 Å². The van der Waals surface area contributed by atoms with Gasteiger partial charge in [-0.25, -0.2) is 0 Å². The van der Waals surface area contributed by atoms with Gasteiger partial charge in [-0.05, 0) is 284 Å². The van der Waals surface area contributed by atoms with Crippen LogP contribution in [0.1, 0.15) is 405 Å². The maximum absolute atomic E-state index is 12.5. The molecule has 4 aromatic rings. The summed E-state index contributed by atoms with van der Waals surface area (Å²) < 4.78 is 23.9. The number of carboxylic acids is 2. The number of carbonyl (C=O) groups excluding carboxylic acids is 4. The van der Waals surface area contributed by atoms with Crippen LogP contribution in [-0.4, -0.2) is 70.1 Å². The molecular formula is C92H132O14. The fourth-order valence-electron chi connectivity index (χ4n) is 22.6. The highest BCUT2D eigenvalue weighted by Crippen LogP contribution is 2.60. The Morgan fingerprint density at radius 3 is 1.00 bits per heavy atom. The van der Waals surface area contributed by atoms with E-state index in [9.17, 15) is 49.2 Å². The molecule has 0 bridgehead atoms. The van der Waals surface area contributed by atoms with Gasteiger partial charge in [0.1, 0.15) is 35.0 Å². The van der Waals surface area contributed by atoms with Crippen molar-refractivity contribution in [2.24, 2.45) is 21.7 Å². The second-order valence-corrected chi connectivity index (χ2v) is 40.6. The Bertz CT molecular complexity index is 3960. The molecule has 0 radical (unpaired) electrons. The minimum absolute atomic E-state index is 0.0230. The average molecular weight is 1460 g/mol. The van der Waals surface area contributed by atoms with Crippen molar-refractivity contribution in [1.29, 1.82) is 0 Å². The molecule has 14 heteroatoms. The number of carbonyl (C=O) groups is 6. The van der Waals surface area contributed by atoms with Gasteiger partial charge in [-0.15, -0.1) is 0 Å². The van der Waals surface area contributed by atoms with Crippen LogP contribution in [0.3, 0.4) is 0 Å². The van der Waals surface area contributed by atoms with Crippen LogP contribution in [0.5, 0.6) is 0 Å². The number of cyclic esters (lactones) is 2. The van der Waals surface area contributed by atoms with Gasteiger partial charge in [-0.2, -0.15) is 0 Å². The number of aldehydes is 2. The third-order valence-electron chi connectivity index (χ3n) is 26.7. The standard InChI is InChI=1S/2C24H36O4.2C22H30O3/c1-15(20(26)27)18-16(23(6)12-8-11-21(2,3)13-23)9-10-17-19(18)22(4,5)28-24(17,7)14-25;1-15(20(26)27)18-16(23(6)12-8-11-21(2,3)13-23)9-10-17-19(18)24(7,14-25)28-22(17,4)5;2*1-14-17-16(22(6)11-7-10-20(2,3)13-22)9-8-15(12-23)18(17)21(4,5)25-19(14)24/h2*9-10,15,25H,8,11-14H2,1-7H3,(H,26,27);2*8-9,12,14H,7,10-11,13H2,1-6H3/t15-,23+,24+;15-,23+,24-;2*14-,22+/m1111/s1. The van der Waals surface area contributed by atoms with Crippen LogP contribution in [0.4, 0.5) is 0 Å². The van der Waals surface area contributed by atoms with E-state index in [2.05, 4.69) is 119 Å². The monoisotopic (exact) mass is 1460 g/mol. The molecule has 0 aromatic heterocycles. The fourth-order valence-corrected chi connectivity index (χ4v) is 22.6. The number of aliphatic hydroxyl groups excluding tert-OH is 2. The fraction of sp³-hybridized carbons (Fsp3) is 0.674. The number of hydrogen-bond acceptors (Lipinski definition) is 12. The maximum Gasteiger partial charge on any atom is 0.314 e. The Labute approximate surface area is 635 Å². The molecular weight excluding hydrogens is 1330 g/mol. The molecule has 0 spiro atoms. The Morgan fingerprint density at radius 1 is 0.396 bits per heavy atom. The Hall–Kier alpha value is -6.06. The lowest BCUT2D eigenvalue weighted by atomic mass is 9.59. The summed E-state index contributed by atoms with van der Waals surface area (Å²) in [6.45, 7) is 54.1. The molecule has 4 heterocycles. The van der Waals surface area contributed by atoms with Crippen molar-refractivity contribution in [2.75, 3.05) is 13.2 Å².